The van der Waals surface area contributed by atoms with E-state index in [1.54, 1.807) is 0 Å². The molecule has 1 nitrogen and oxygen atoms in total. The van der Waals surface area contributed by atoms with Crippen molar-refractivity contribution in [3.8, 4) is 0 Å². The Bertz CT molecular complexity index is 279. The largest absolute Gasteiger partial charge is 0.312 e. The summed E-state index contributed by atoms with van der Waals surface area (Å²) in [5.41, 5.74) is 4.01. The van der Waals surface area contributed by atoms with E-state index >= 15 is 0 Å². The standard InChI is InChI=1S/C11H17NS/c1-8-4-5-10(6-9(8)2)11(7-13)12-3/h4-6,11-13H,7H2,1-3H3. The van der Waals surface area contributed by atoms with E-state index in [0.717, 1.165) is 5.75 Å². The van der Waals surface area contributed by atoms with Crippen molar-refractivity contribution in [3.63, 3.8) is 0 Å². The molecule has 2 heteroatoms. The Balaban J connectivity index is 2.95. The molecule has 72 valence electrons. The van der Waals surface area contributed by atoms with Crippen LogP contribution in [0.25, 0.3) is 0 Å². The third-order valence-electron chi connectivity index (χ3n) is 2.46. The third kappa shape index (κ3) is 2.48. The van der Waals surface area contributed by atoms with Crippen LogP contribution >= 0.6 is 12.6 Å². The third-order valence-corrected chi connectivity index (χ3v) is 2.83. The van der Waals surface area contributed by atoms with Crippen LogP contribution in [0.2, 0.25) is 0 Å². The number of benzene rings is 1. The molecule has 1 N–H and O–H groups in total. The molecule has 0 aromatic heterocycles. The van der Waals surface area contributed by atoms with E-state index in [4.69, 9.17) is 0 Å². The fourth-order valence-corrected chi connectivity index (χ4v) is 1.74. The van der Waals surface area contributed by atoms with Crippen LogP contribution in [0.4, 0.5) is 0 Å². The Morgan fingerprint density at radius 1 is 1.31 bits per heavy atom. The average molecular weight is 195 g/mol. The van der Waals surface area contributed by atoms with Crippen molar-refractivity contribution in [2.24, 2.45) is 0 Å². The number of thiol groups is 1. The molecule has 1 aromatic carbocycles. The van der Waals surface area contributed by atoms with Gasteiger partial charge in [-0.3, -0.25) is 0 Å². The van der Waals surface area contributed by atoms with Crippen molar-refractivity contribution in [1.82, 2.24) is 5.32 Å². The molecule has 0 aliphatic carbocycles. The van der Waals surface area contributed by atoms with Crippen LogP contribution in [-0.4, -0.2) is 12.8 Å². The molecule has 1 atom stereocenters. The van der Waals surface area contributed by atoms with Gasteiger partial charge in [0, 0.05) is 11.8 Å². The zero-order chi connectivity index (χ0) is 9.84. The van der Waals surface area contributed by atoms with Crippen LogP contribution in [0.1, 0.15) is 22.7 Å². The quantitative estimate of drug-likeness (QED) is 0.706. The molecule has 0 saturated heterocycles. The summed E-state index contributed by atoms with van der Waals surface area (Å²) in [4.78, 5) is 0. The second kappa shape index (κ2) is 4.68. The minimum Gasteiger partial charge on any atom is -0.312 e. The van der Waals surface area contributed by atoms with Gasteiger partial charge in [-0.1, -0.05) is 18.2 Å². The zero-order valence-electron chi connectivity index (χ0n) is 8.46. The fourth-order valence-electron chi connectivity index (χ4n) is 1.34. The maximum absolute atomic E-state index is 4.30. The highest BCUT2D eigenvalue weighted by Gasteiger charge is 2.06. The van der Waals surface area contributed by atoms with Gasteiger partial charge in [-0.05, 0) is 37.6 Å². The van der Waals surface area contributed by atoms with Gasteiger partial charge in [-0.25, -0.2) is 0 Å². The molecule has 0 radical (unpaired) electrons. The van der Waals surface area contributed by atoms with Crippen LogP contribution in [0.15, 0.2) is 18.2 Å². The summed E-state index contributed by atoms with van der Waals surface area (Å²) in [5, 5.41) is 3.24. The molecule has 0 spiro atoms. The fraction of sp³-hybridized carbons (Fsp3) is 0.455. The van der Waals surface area contributed by atoms with Gasteiger partial charge in [0.1, 0.15) is 0 Å². The molecule has 1 rings (SSSR count). The SMILES string of the molecule is CNC(CS)c1ccc(C)c(C)c1. The maximum atomic E-state index is 4.30. The maximum Gasteiger partial charge on any atom is 0.0406 e. The van der Waals surface area contributed by atoms with Gasteiger partial charge < -0.3 is 5.32 Å². The Kier molecular flexibility index (Phi) is 3.82. The highest BCUT2D eigenvalue weighted by molar-refractivity contribution is 7.80. The predicted octanol–water partition coefficient (Wildman–Crippen LogP) is 2.49. The molecule has 0 fully saturated rings. The Labute approximate surface area is 86.0 Å². The number of hydrogen-bond acceptors (Lipinski definition) is 2. The van der Waals surface area contributed by atoms with Gasteiger partial charge >= 0.3 is 0 Å². The van der Waals surface area contributed by atoms with Crippen LogP contribution in [0.3, 0.4) is 0 Å². The van der Waals surface area contributed by atoms with E-state index in [9.17, 15) is 0 Å². The number of nitrogens with one attached hydrogen (secondary N) is 1. The van der Waals surface area contributed by atoms with Crippen molar-refractivity contribution < 1.29 is 0 Å². The van der Waals surface area contributed by atoms with Crippen molar-refractivity contribution in [1.29, 1.82) is 0 Å². The highest BCUT2D eigenvalue weighted by Crippen LogP contribution is 2.17. The first-order chi connectivity index (χ1) is 6.19. The topological polar surface area (TPSA) is 12.0 Å². The van der Waals surface area contributed by atoms with E-state index < -0.39 is 0 Å². The Morgan fingerprint density at radius 3 is 2.46 bits per heavy atom. The molecule has 0 saturated carbocycles. The van der Waals surface area contributed by atoms with Gasteiger partial charge in [-0.15, -0.1) is 0 Å². The van der Waals surface area contributed by atoms with Crippen LogP contribution in [0.5, 0.6) is 0 Å². The second-order valence-corrected chi connectivity index (χ2v) is 3.73. The lowest BCUT2D eigenvalue weighted by Gasteiger charge is -2.15. The van der Waals surface area contributed by atoms with Crippen molar-refractivity contribution >= 4 is 12.6 Å². The summed E-state index contributed by atoms with van der Waals surface area (Å²) in [5.74, 6) is 0.832. The van der Waals surface area contributed by atoms with E-state index in [1.807, 2.05) is 7.05 Å². The summed E-state index contributed by atoms with van der Waals surface area (Å²) in [7, 11) is 1.97. The predicted molar refractivity (Wildman–Crippen MR) is 61.6 cm³/mol. The van der Waals surface area contributed by atoms with E-state index in [2.05, 4.69) is 50.0 Å². The lowest BCUT2D eigenvalue weighted by Crippen LogP contribution is -2.17. The normalized spacial score (nSPS) is 12.9. The monoisotopic (exact) mass is 195 g/mol. The second-order valence-electron chi connectivity index (χ2n) is 3.37. The zero-order valence-corrected chi connectivity index (χ0v) is 9.36. The smallest absolute Gasteiger partial charge is 0.0406 e. The van der Waals surface area contributed by atoms with Crippen LogP contribution in [-0.2, 0) is 0 Å². The molecular weight excluding hydrogens is 178 g/mol. The molecule has 0 bridgehead atoms. The van der Waals surface area contributed by atoms with Gasteiger partial charge in [0.15, 0.2) is 0 Å². The van der Waals surface area contributed by atoms with Crippen LogP contribution in [0, 0.1) is 13.8 Å². The van der Waals surface area contributed by atoms with Crippen LogP contribution < -0.4 is 5.32 Å². The lowest BCUT2D eigenvalue weighted by atomic mass is 10.0. The summed E-state index contributed by atoms with van der Waals surface area (Å²) < 4.78 is 0. The number of rotatable bonds is 3. The van der Waals surface area contributed by atoms with Gasteiger partial charge in [-0.2, -0.15) is 12.6 Å². The Morgan fingerprint density at radius 2 is 2.00 bits per heavy atom. The molecule has 13 heavy (non-hydrogen) atoms. The average Bonchev–Trinajstić information content (AvgIpc) is 2.13. The van der Waals surface area contributed by atoms with Gasteiger partial charge in [0.05, 0.1) is 0 Å². The number of hydrogen-bond donors (Lipinski definition) is 2. The first kappa shape index (κ1) is 10.6. The molecule has 1 aromatic rings. The van der Waals surface area contributed by atoms with E-state index in [-0.39, 0.29) is 0 Å². The van der Waals surface area contributed by atoms with Gasteiger partial charge in [0.2, 0.25) is 0 Å². The summed E-state index contributed by atoms with van der Waals surface area (Å²) in [6.45, 7) is 4.28. The lowest BCUT2D eigenvalue weighted by molar-refractivity contribution is 0.662. The highest BCUT2D eigenvalue weighted by atomic mass is 32.1. The number of aryl methyl sites for hydroxylation is 2. The molecule has 0 heterocycles. The summed E-state index contributed by atoms with van der Waals surface area (Å²) in [6.07, 6.45) is 0. The van der Waals surface area contributed by atoms with Gasteiger partial charge in [0.25, 0.3) is 0 Å². The first-order valence-corrected chi connectivity index (χ1v) is 5.17. The Hall–Kier alpha value is -0.470. The molecule has 0 amide bonds. The van der Waals surface area contributed by atoms with Crippen molar-refractivity contribution in [2.45, 2.75) is 19.9 Å². The minimum atomic E-state index is 0.364. The molecule has 0 aliphatic heterocycles. The summed E-state index contributed by atoms with van der Waals surface area (Å²) in [6, 6.07) is 6.92. The van der Waals surface area contributed by atoms with E-state index in [0.29, 0.717) is 6.04 Å². The first-order valence-electron chi connectivity index (χ1n) is 4.54. The minimum absolute atomic E-state index is 0.364. The van der Waals surface area contributed by atoms with E-state index in [1.165, 1.54) is 16.7 Å². The van der Waals surface area contributed by atoms with Crippen molar-refractivity contribution in [2.75, 3.05) is 12.8 Å². The van der Waals surface area contributed by atoms with Crippen molar-refractivity contribution in [3.05, 3.63) is 34.9 Å². The summed E-state index contributed by atoms with van der Waals surface area (Å²) >= 11 is 4.30. The molecule has 0 aliphatic rings. The molecule has 1 unspecified atom stereocenters. The molecular formula is C11H17NS.